The van der Waals surface area contributed by atoms with Crippen LogP contribution in [0.15, 0.2) is 54.7 Å². The van der Waals surface area contributed by atoms with Gasteiger partial charge >= 0.3 is 12.2 Å². The number of carbonyl (C=O) groups excluding carboxylic acids is 4. The monoisotopic (exact) mass is 776 g/mol. The van der Waals surface area contributed by atoms with Crippen molar-refractivity contribution in [3.05, 3.63) is 71.7 Å². The lowest BCUT2D eigenvalue weighted by Gasteiger charge is -2.35. The lowest BCUT2D eigenvalue weighted by Crippen LogP contribution is -2.49. The van der Waals surface area contributed by atoms with Gasteiger partial charge in [0.05, 0.1) is 37.2 Å². The molecule has 0 bridgehead atoms. The third kappa shape index (κ3) is 8.41. The molecule has 0 aliphatic carbocycles. The highest BCUT2D eigenvalue weighted by molar-refractivity contribution is 6.07. The van der Waals surface area contributed by atoms with Crippen LogP contribution in [-0.4, -0.2) is 102 Å². The summed E-state index contributed by atoms with van der Waals surface area (Å²) in [5.74, 6) is 0.0558. The Morgan fingerprint density at radius 3 is 2.38 bits per heavy atom. The SMILES string of the molecule is COc1cc2nn(C3CCN(CCC4CCN(C(=O)c5ccc(OC)c(N6CCC(=O)NC6=O)c5)CC4)CC3)cc2cc1NC(=O)c1cccc(C(F)(F)F)n1. The molecule has 5 amide bonds. The Balaban J connectivity index is 0.892. The van der Waals surface area contributed by atoms with Gasteiger partial charge in [0.2, 0.25) is 5.91 Å². The van der Waals surface area contributed by atoms with Gasteiger partial charge < -0.3 is 24.6 Å². The number of fused-ring (bicyclic) bond motifs is 1. The standard InChI is InChI=1S/C39H43F3N8O6/c1-55-32-7-6-25(21-31(32)49-19-13-35(51)45-38(49)54)37(53)48-17-9-24(10-18-48)8-14-47-15-11-27(12-16-47)50-23-26-20-30(33(56-2)22-29(26)46-50)44-36(52)28-4-3-5-34(43-28)39(40,41)42/h3-7,20-24,27H,8-19H2,1-2H3,(H,44,52)(H,45,51,54). The molecule has 0 radical (unpaired) electrons. The van der Waals surface area contributed by atoms with Gasteiger partial charge in [-0.1, -0.05) is 6.07 Å². The highest BCUT2D eigenvalue weighted by Crippen LogP contribution is 2.34. The number of amides is 5. The van der Waals surface area contributed by atoms with E-state index in [2.05, 4.69) is 20.5 Å². The molecule has 14 nitrogen and oxygen atoms in total. The summed E-state index contributed by atoms with van der Waals surface area (Å²) in [4.78, 5) is 59.8. The number of aromatic nitrogens is 3. The Hall–Kier alpha value is -5.71. The van der Waals surface area contributed by atoms with Crippen molar-refractivity contribution in [1.29, 1.82) is 0 Å². The number of likely N-dealkylation sites (tertiary alicyclic amines) is 2. The molecule has 0 saturated carbocycles. The Kier molecular flexibility index (Phi) is 11.1. The first-order chi connectivity index (χ1) is 26.9. The summed E-state index contributed by atoms with van der Waals surface area (Å²) in [6.07, 6.45) is 2.08. The number of urea groups is 1. The number of benzene rings is 2. The lowest BCUT2D eigenvalue weighted by molar-refractivity contribution is -0.141. The van der Waals surface area contributed by atoms with Crippen molar-refractivity contribution in [1.82, 2.24) is 29.9 Å². The van der Waals surface area contributed by atoms with Gasteiger partial charge in [-0.15, -0.1) is 0 Å². The number of alkyl halides is 3. The van der Waals surface area contributed by atoms with Crippen LogP contribution in [0.1, 0.15) is 71.1 Å². The van der Waals surface area contributed by atoms with Gasteiger partial charge in [0, 0.05) is 62.4 Å². The largest absolute Gasteiger partial charge is 0.495 e. The van der Waals surface area contributed by atoms with E-state index >= 15 is 0 Å². The maximum atomic E-state index is 13.5. The molecule has 0 spiro atoms. The molecule has 56 heavy (non-hydrogen) atoms. The number of ether oxygens (including phenoxy) is 2. The van der Waals surface area contributed by atoms with E-state index in [9.17, 15) is 32.3 Å². The van der Waals surface area contributed by atoms with Crippen molar-refractivity contribution in [2.24, 2.45) is 5.92 Å². The summed E-state index contributed by atoms with van der Waals surface area (Å²) in [6, 6.07) is 11.3. The average molecular weight is 777 g/mol. The van der Waals surface area contributed by atoms with Crippen molar-refractivity contribution in [3.8, 4) is 11.5 Å². The number of hydrogen-bond donors (Lipinski definition) is 2. The van der Waals surface area contributed by atoms with Crippen LogP contribution in [0.5, 0.6) is 11.5 Å². The molecule has 2 aromatic heterocycles. The zero-order valence-electron chi connectivity index (χ0n) is 31.1. The van der Waals surface area contributed by atoms with Crippen LogP contribution in [0, 0.1) is 5.92 Å². The normalized spacial score (nSPS) is 17.6. The molecule has 3 fully saturated rings. The van der Waals surface area contributed by atoms with E-state index in [-0.39, 0.29) is 36.5 Å². The number of nitrogens with one attached hydrogen (secondary N) is 2. The zero-order valence-corrected chi connectivity index (χ0v) is 31.1. The van der Waals surface area contributed by atoms with E-state index in [1.54, 1.807) is 30.3 Å². The molecule has 2 aromatic carbocycles. The van der Waals surface area contributed by atoms with E-state index in [0.717, 1.165) is 69.3 Å². The summed E-state index contributed by atoms with van der Waals surface area (Å²) in [5.41, 5.74) is 0.377. The molecule has 2 N–H and O–H groups in total. The van der Waals surface area contributed by atoms with Crippen molar-refractivity contribution in [2.45, 2.75) is 50.7 Å². The fraction of sp³-hybridized carbons (Fsp3) is 0.436. The number of halogens is 3. The van der Waals surface area contributed by atoms with Crippen molar-refractivity contribution >= 4 is 46.0 Å². The maximum absolute atomic E-state index is 13.5. The molecule has 7 rings (SSSR count). The van der Waals surface area contributed by atoms with Crippen LogP contribution in [0.2, 0.25) is 0 Å². The molecule has 3 aliphatic rings. The van der Waals surface area contributed by atoms with Gasteiger partial charge in [0.1, 0.15) is 22.9 Å². The number of imide groups is 1. The summed E-state index contributed by atoms with van der Waals surface area (Å²) >= 11 is 0. The van der Waals surface area contributed by atoms with Crippen molar-refractivity contribution in [2.75, 3.05) is 63.7 Å². The van der Waals surface area contributed by atoms with Crippen LogP contribution in [0.3, 0.4) is 0 Å². The number of anilines is 2. The van der Waals surface area contributed by atoms with Crippen LogP contribution in [0.4, 0.5) is 29.3 Å². The van der Waals surface area contributed by atoms with Gasteiger partial charge in [-0.2, -0.15) is 18.3 Å². The van der Waals surface area contributed by atoms with E-state index in [1.165, 1.54) is 25.2 Å². The predicted octanol–water partition coefficient (Wildman–Crippen LogP) is 5.75. The fourth-order valence-electron chi connectivity index (χ4n) is 7.64. The molecule has 0 atom stereocenters. The summed E-state index contributed by atoms with van der Waals surface area (Å²) in [5, 5.41) is 10.5. The van der Waals surface area contributed by atoms with Crippen molar-refractivity contribution in [3.63, 3.8) is 0 Å². The number of rotatable bonds is 10. The molecular formula is C39H43F3N8O6. The third-order valence-corrected chi connectivity index (χ3v) is 10.8. The number of hydrogen-bond acceptors (Lipinski definition) is 9. The lowest BCUT2D eigenvalue weighted by atomic mass is 9.92. The second kappa shape index (κ2) is 16.2. The Labute approximate surface area is 320 Å². The highest BCUT2D eigenvalue weighted by Gasteiger charge is 2.33. The Morgan fingerprint density at radius 2 is 1.68 bits per heavy atom. The molecule has 296 valence electrons. The van der Waals surface area contributed by atoms with Crippen LogP contribution in [-0.2, 0) is 11.0 Å². The minimum absolute atomic E-state index is 0.0962. The Morgan fingerprint density at radius 1 is 0.929 bits per heavy atom. The molecule has 3 saturated heterocycles. The first-order valence-corrected chi connectivity index (χ1v) is 18.6. The van der Waals surface area contributed by atoms with E-state index in [1.807, 2.05) is 15.8 Å². The second-order valence-corrected chi connectivity index (χ2v) is 14.3. The maximum Gasteiger partial charge on any atom is 0.433 e. The van der Waals surface area contributed by atoms with E-state index in [0.29, 0.717) is 53.0 Å². The van der Waals surface area contributed by atoms with E-state index in [4.69, 9.17) is 14.6 Å². The second-order valence-electron chi connectivity index (χ2n) is 14.3. The minimum atomic E-state index is -4.67. The van der Waals surface area contributed by atoms with Gasteiger partial charge in [-0.05, 0) is 81.0 Å². The van der Waals surface area contributed by atoms with Gasteiger partial charge in [-0.3, -0.25) is 29.3 Å². The number of nitrogens with zero attached hydrogens (tertiary/aromatic N) is 6. The first kappa shape index (κ1) is 38.6. The number of piperidine rings is 2. The summed E-state index contributed by atoms with van der Waals surface area (Å²) < 4.78 is 52.3. The average Bonchev–Trinajstić information content (AvgIpc) is 3.62. The van der Waals surface area contributed by atoms with E-state index < -0.39 is 23.8 Å². The predicted molar refractivity (Wildman–Crippen MR) is 200 cm³/mol. The minimum Gasteiger partial charge on any atom is -0.495 e. The molecular weight excluding hydrogens is 733 g/mol. The summed E-state index contributed by atoms with van der Waals surface area (Å²) in [7, 11) is 2.94. The zero-order chi connectivity index (χ0) is 39.6. The van der Waals surface area contributed by atoms with Crippen LogP contribution < -0.4 is 25.0 Å². The number of pyridine rings is 1. The van der Waals surface area contributed by atoms with Gasteiger partial charge in [-0.25, -0.2) is 9.78 Å². The molecule has 4 aromatic rings. The van der Waals surface area contributed by atoms with Crippen molar-refractivity contribution < 1.29 is 41.8 Å². The van der Waals surface area contributed by atoms with Crippen LogP contribution >= 0.6 is 0 Å². The molecule has 5 heterocycles. The Bertz CT molecular complexity index is 2130. The molecule has 3 aliphatic heterocycles. The van der Waals surface area contributed by atoms with Gasteiger partial charge in [0.25, 0.3) is 11.8 Å². The smallest absolute Gasteiger partial charge is 0.433 e. The first-order valence-electron chi connectivity index (χ1n) is 18.6. The quantitative estimate of drug-likeness (QED) is 0.205. The highest BCUT2D eigenvalue weighted by atomic mass is 19.4. The molecule has 0 unspecified atom stereocenters. The molecule has 17 heteroatoms. The fourth-order valence-corrected chi connectivity index (χ4v) is 7.64. The van der Waals surface area contributed by atoms with Crippen LogP contribution in [0.25, 0.3) is 10.9 Å². The third-order valence-electron chi connectivity index (χ3n) is 10.8. The van der Waals surface area contributed by atoms with Gasteiger partial charge in [0.15, 0.2) is 0 Å². The topological polar surface area (TPSA) is 151 Å². The number of carbonyl (C=O) groups is 4. The summed E-state index contributed by atoms with van der Waals surface area (Å²) in [6.45, 7) is 4.30. The number of methoxy groups -OCH3 is 2.